The summed E-state index contributed by atoms with van der Waals surface area (Å²) in [6.45, 7) is 3.51. The Morgan fingerprint density at radius 1 is 1.24 bits per heavy atom. The summed E-state index contributed by atoms with van der Waals surface area (Å²) in [5.74, 6) is -0.710. The van der Waals surface area contributed by atoms with Gasteiger partial charge in [0.25, 0.3) is 5.91 Å². The maximum atomic E-state index is 13.9. The first-order valence-corrected chi connectivity index (χ1v) is 10.7. The van der Waals surface area contributed by atoms with Gasteiger partial charge in [0.1, 0.15) is 17.7 Å². The lowest BCUT2D eigenvalue weighted by Crippen LogP contribution is -2.87. The van der Waals surface area contributed by atoms with E-state index in [0.717, 1.165) is 29.4 Å². The molecule has 29 heavy (non-hydrogen) atoms. The Morgan fingerprint density at radius 3 is 2.72 bits per heavy atom. The number of para-hydroxylation sites is 1. The van der Waals surface area contributed by atoms with Gasteiger partial charge in [0.2, 0.25) is 0 Å². The lowest BCUT2D eigenvalue weighted by molar-refractivity contribution is -0.683. The third-order valence-electron chi connectivity index (χ3n) is 5.61. The fourth-order valence-electron chi connectivity index (χ4n) is 3.84. The first-order chi connectivity index (χ1) is 14.0. The minimum absolute atomic E-state index is 0.0575. The number of nitrogens with two attached hydrogens (primary N) is 1. The van der Waals surface area contributed by atoms with Crippen LogP contribution in [0.5, 0.6) is 0 Å². The number of hydrogen-bond acceptors (Lipinski definition) is 3. The average Bonchev–Trinajstić information content (AvgIpc) is 3.16. The van der Waals surface area contributed by atoms with Crippen LogP contribution in [0, 0.1) is 11.6 Å². The Hall–Kier alpha value is -2.38. The first-order valence-electron chi connectivity index (χ1n) is 9.93. The molecule has 2 N–H and O–H groups in total. The van der Waals surface area contributed by atoms with Crippen molar-refractivity contribution in [3.05, 3.63) is 64.7 Å². The maximum absolute atomic E-state index is 13.9. The molecular formula is C22H24F2N3OS+. The minimum atomic E-state index is -0.592. The van der Waals surface area contributed by atoms with Crippen molar-refractivity contribution in [1.29, 1.82) is 0 Å². The number of benzene rings is 2. The van der Waals surface area contributed by atoms with E-state index in [1.54, 1.807) is 16.7 Å². The van der Waals surface area contributed by atoms with Crippen LogP contribution in [0.25, 0.3) is 10.2 Å². The molecule has 1 saturated heterocycles. The standard InChI is InChI=1S/C22H23F2N3OS/c1-14(17-7-6-16(23)12-18(17)24)25-13-21(28)27-10-8-15(9-11-27)22-26-19-4-2-3-5-20(19)29-22/h2-7,12,14-15,25H,8-11,13H2,1H3/p+1/t14-/m0/s1. The van der Waals surface area contributed by atoms with Crippen LogP contribution < -0.4 is 5.32 Å². The van der Waals surface area contributed by atoms with Crippen LogP contribution in [0.1, 0.15) is 42.3 Å². The van der Waals surface area contributed by atoms with Crippen LogP contribution in [0.15, 0.2) is 42.5 Å². The van der Waals surface area contributed by atoms with E-state index < -0.39 is 11.6 Å². The number of thiazole rings is 1. The zero-order chi connectivity index (χ0) is 20.4. The molecule has 4 nitrogen and oxygen atoms in total. The summed E-state index contributed by atoms with van der Waals surface area (Å²) in [7, 11) is 0. The first kappa shape index (κ1) is 19.9. The Balaban J connectivity index is 1.29. The number of halogens is 2. The van der Waals surface area contributed by atoms with Crippen LogP contribution in [0.2, 0.25) is 0 Å². The van der Waals surface area contributed by atoms with Crippen molar-refractivity contribution in [3.63, 3.8) is 0 Å². The van der Waals surface area contributed by atoms with Gasteiger partial charge in [-0.3, -0.25) is 4.79 Å². The summed E-state index contributed by atoms with van der Waals surface area (Å²) in [4.78, 5) is 19.2. The number of likely N-dealkylation sites (tertiary alicyclic amines) is 1. The largest absolute Gasteiger partial charge is 0.338 e. The fraction of sp³-hybridized carbons (Fsp3) is 0.364. The van der Waals surface area contributed by atoms with E-state index in [-0.39, 0.29) is 18.5 Å². The number of nitrogens with zero attached hydrogens (tertiary/aromatic N) is 2. The van der Waals surface area contributed by atoms with Gasteiger partial charge in [-0.2, -0.15) is 0 Å². The molecule has 4 rings (SSSR count). The molecule has 0 radical (unpaired) electrons. The molecule has 1 aliphatic rings. The zero-order valence-corrected chi connectivity index (χ0v) is 17.1. The SMILES string of the molecule is C[C@H]([NH2+]CC(=O)N1CCC(c2nc3ccccc3s2)CC1)c1ccc(F)cc1F. The molecule has 0 unspecified atom stereocenters. The van der Waals surface area contributed by atoms with Gasteiger partial charge in [-0.05, 0) is 44.0 Å². The number of rotatable bonds is 5. The van der Waals surface area contributed by atoms with E-state index in [2.05, 4.69) is 6.07 Å². The van der Waals surface area contributed by atoms with E-state index in [1.807, 2.05) is 30.0 Å². The van der Waals surface area contributed by atoms with Crippen LogP contribution in [-0.2, 0) is 4.79 Å². The molecule has 0 spiro atoms. The van der Waals surface area contributed by atoms with Crippen LogP contribution in [0.4, 0.5) is 8.78 Å². The molecule has 2 aromatic carbocycles. The van der Waals surface area contributed by atoms with Gasteiger partial charge < -0.3 is 10.2 Å². The van der Waals surface area contributed by atoms with Crippen LogP contribution in [0.3, 0.4) is 0 Å². The maximum Gasteiger partial charge on any atom is 0.277 e. The van der Waals surface area contributed by atoms with E-state index in [0.29, 0.717) is 24.6 Å². The molecule has 1 amide bonds. The highest BCUT2D eigenvalue weighted by atomic mass is 32.1. The molecule has 7 heteroatoms. The predicted octanol–water partition coefficient (Wildman–Crippen LogP) is 3.61. The zero-order valence-electron chi connectivity index (χ0n) is 16.3. The number of carbonyl (C=O) groups is 1. The van der Waals surface area contributed by atoms with E-state index in [4.69, 9.17) is 4.98 Å². The number of hydrogen-bond donors (Lipinski definition) is 1. The van der Waals surface area contributed by atoms with Crippen LogP contribution >= 0.6 is 11.3 Å². The summed E-state index contributed by atoms with van der Waals surface area (Å²) < 4.78 is 28.2. The molecule has 1 aromatic heterocycles. The number of piperidine rings is 1. The summed E-state index contributed by atoms with van der Waals surface area (Å²) in [5.41, 5.74) is 1.45. The summed E-state index contributed by atoms with van der Waals surface area (Å²) >= 11 is 1.74. The summed E-state index contributed by atoms with van der Waals surface area (Å²) in [5, 5.41) is 2.96. The normalized spacial score (nSPS) is 16.3. The second-order valence-electron chi connectivity index (χ2n) is 7.57. The van der Waals surface area contributed by atoms with Crippen molar-refractivity contribution in [2.24, 2.45) is 0 Å². The second-order valence-corrected chi connectivity index (χ2v) is 8.63. The molecule has 1 aliphatic heterocycles. The molecule has 0 aliphatic carbocycles. The molecule has 0 bridgehead atoms. The fourth-order valence-corrected chi connectivity index (χ4v) is 4.98. The molecule has 1 fully saturated rings. The molecule has 152 valence electrons. The van der Waals surface area contributed by atoms with E-state index in [9.17, 15) is 13.6 Å². The van der Waals surface area contributed by atoms with Crippen molar-refractivity contribution in [1.82, 2.24) is 9.88 Å². The highest BCUT2D eigenvalue weighted by Gasteiger charge is 2.27. The smallest absolute Gasteiger partial charge is 0.277 e. The van der Waals surface area contributed by atoms with Gasteiger partial charge in [0.05, 0.1) is 15.2 Å². The summed E-state index contributed by atoms with van der Waals surface area (Å²) in [6, 6.07) is 11.5. The van der Waals surface area contributed by atoms with Gasteiger partial charge >= 0.3 is 0 Å². The Bertz CT molecular complexity index is 981. The van der Waals surface area contributed by atoms with Crippen LogP contribution in [-0.4, -0.2) is 35.4 Å². The lowest BCUT2D eigenvalue weighted by atomic mass is 9.97. The number of quaternary nitrogens is 1. The third kappa shape index (κ3) is 4.46. The van der Waals surface area contributed by atoms with Crippen molar-refractivity contribution in [2.75, 3.05) is 19.6 Å². The second kappa shape index (κ2) is 8.55. The van der Waals surface area contributed by atoms with Gasteiger partial charge in [-0.25, -0.2) is 13.8 Å². The van der Waals surface area contributed by atoms with Gasteiger partial charge in [0, 0.05) is 30.6 Å². The molecule has 3 aromatic rings. The summed E-state index contributed by atoms with van der Waals surface area (Å²) in [6.07, 6.45) is 1.82. The van der Waals surface area contributed by atoms with Crippen molar-refractivity contribution in [2.45, 2.75) is 31.7 Å². The van der Waals surface area contributed by atoms with Gasteiger partial charge in [-0.1, -0.05) is 12.1 Å². The number of carbonyl (C=O) groups excluding carboxylic acids is 1. The molecular weight excluding hydrogens is 392 g/mol. The van der Waals surface area contributed by atoms with Crippen molar-refractivity contribution < 1.29 is 18.9 Å². The molecule has 2 heterocycles. The number of fused-ring (bicyclic) bond motifs is 1. The topological polar surface area (TPSA) is 49.8 Å². The van der Waals surface area contributed by atoms with Gasteiger partial charge in [-0.15, -0.1) is 11.3 Å². The monoisotopic (exact) mass is 416 g/mol. The Labute approximate surface area is 172 Å². The number of aromatic nitrogens is 1. The number of amides is 1. The minimum Gasteiger partial charge on any atom is -0.338 e. The quantitative estimate of drug-likeness (QED) is 0.691. The lowest BCUT2D eigenvalue weighted by Gasteiger charge is -2.30. The van der Waals surface area contributed by atoms with E-state index >= 15 is 0 Å². The Kier molecular flexibility index (Phi) is 5.87. The van der Waals surface area contributed by atoms with Gasteiger partial charge in [0.15, 0.2) is 6.54 Å². The van der Waals surface area contributed by atoms with Crippen molar-refractivity contribution >= 4 is 27.5 Å². The molecule has 0 saturated carbocycles. The predicted molar refractivity (Wildman–Crippen MR) is 110 cm³/mol. The highest BCUT2D eigenvalue weighted by molar-refractivity contribution is 7.18. The average molecular weight is 417 g/mol. The van der Waals surface area contributed by atoms with E-state index in [1.165, 1.54) is 16.8 Å². The Morgan fingerprint density at radius 2 is 2.00 bits per heavy atom. The van der Waals surface area contributed by atoms with Crippen molar-refractivity contribution in [3.8, 4) is 0 Å². The third-order valence-corrected chi connectivity index (χ3v) is 6.81. The molecule has 1 atom stereocenters. The highest BCUT2D eigenvalue weighted by Crippen LogP contribution is 2.33.